The Balaban J connectivity index is 1.32. The highest BCUT2D eigenvalue weighted by Gasteiger charge is 2.36. The molecule has 0 atom stereocenters. The largest absolute Gasteiger partial charge is 0.507 e. The van der Waals surface area contributed by atoms with Gasteiger partial charge in [-0.05, 0) is 52.6 Å². The maximum Gasteiger partial charge on any atom is 0.202 e. The molecule has 0 aliphatic heterocycles. The van der Waals surface area contributed by atoms with Gasteiger partial charge in [-0.2, -0.15) is 0 Å². The Labute approximate surface area is 328 Å². The highest BCUT2D eigenvalue weighted by Crippen LogP contribution is 2.58. The molecule has 0 saturated heterocycles. The first-order valence-electron chi connectivity index (χ1n) is 18.9. The molecule has 1 aromatic heterocycles. The van der Waals surface area contributed by atoms with Crippen molar-refractivity contribution in [2.75, 3.05) is 7.05 Å². The molecule has 57 heavy (non-hydrogen) atoms. The number of phenols is 5. The van der Waals surface area contributed by atoms with Crippen LogP contribution in [0.15, 0.2) is 154 Å². The zero-order chi connectivity index (χ0) is 39.2. The second-order valence-electron chi connectivity index (χ2n) is 14.3. The number of fused-ring (bicyclic) bond motifs is 3. The number of hydrogen-bond acceptors (Lipinski definition) is 7. The van der Waals surface area contributed by atoms with Gasteiger partial charge in [0.25, 0.3) is 0 Å². The summed E-state index contributed by atoms with van der Waals surface area (Å²) in [6.45, 7) is 0. The Morgan fingerprint density at radius 1 is 0.526 bits per heavy atom. The SMILES string of the molecule is CN=C(N=C(c1cccc(-c2ccccc2)c1)c1c(C2CCC2)c(O)c2c(oc3c(O)c(O)c(-c4ccccc4)c(O)c32)c1O)c1ccc(-c2ccccc2)cc1. The number of amidine groups is 1. The van der Waals surface area contributed by atoms with E-state index < -0.39 is 17.2 Å². The van der Waals surface area contributed by atoms with Crippen LogP contribution in [0.2, 0.25) is 0 Å². The van der Waals surface area contributed by atoms with Gasteiger partial charge in [0.15, 0.2) is 28.5 Å². The summed E-state index contributed by atoms with van der Waals surface area (Å²) in [5, 5.41) is 59.4. The third kappa shape index (κ3) is 6.03. The summed E-state index contributed by atoms with van der Waals surface area (Å²) in [5.41, 5.74) is 6.41. The van der Waals surface area contributed by atoms with Crippen LogP contribution < -0.4 is 0 Å². The van der Waals surface area contributed by atoms with Crippen LogP contribution >= 0.6 is 0 Å². The first-order valence-corrected chi connectivity index (χ1v) is 18.9. The van der Waals surface area contributed by atoms with E-state index in [9.17, 15) is 25.5 Å². The third-order valence-electron chi connectivity index (χ3n) is 11.0. The topological polar surface area (TPSA) is 139 Å². The third-order valence-corrected chi connectivity index (χ3v) is 11.0. The molecule has 0 amide bonds. The van der Waals surface area contributed by atoms with Crippen molar-refractivity contribution in [2.24, 2.45) is 9.98 Å². The molecule has 8 aromatic rings. The number of furan rings is 1. The molecule has 1 heterocycles. The van der Waals surface area contributed by atoms with Crippen molar-refractivity contribution in [3.8, 4) is 62.1 Å². The van der Waals surface area contributed by atoms with Gasteiger partial charge < -0.3 is 29.9 Å². The van der Waals surface area contributed by atoms with Gasteiger partial charge in [-0.15, -0.1) is 0 Å². The highest BCUT2D eigenvalue weighted by atomic mass is 16.4. The summed E-state index contributed by atoms with van der Waals surface area (Å²) in [4.78, 5) is 9.85. The monoisotopic (exact) mass is 750 g/mol. The number of aromatic hydroxyl groups is 5. The maximum absolute atomic E-state index is 12.5. The lowest BCUT2D eigenvalue weighted by atomic mass is 9.75. The molecule has 8 heteroatoms. The molecule has 1 fully saturated rings. The van der Waals surface area contributed by atoms with E-state index in [-0.39, 0.29) is 50.5 Å². The minimum atomic E-state index is -0.632. The van der Waals surface area contributed by atoms with Crippen molar-refractivity contribution < 1.29 is 29.9 Å². The van der Waals surface area contributed by atoms with Crippen molar-refractivity contribution >= 4 is 33.5 Å². The second kappa shape index (κ2) is 14.4. The van der Waals surface area contributed by atoms with Crippen molar-refractivity contribution in [1.29, 1.82) is 0 Å². The lowest BCUT2D eigenvalue weighted by Crippen LogP contribution is -2.17. The molecule has 5 N–H and O–H groups in total. The fourth-order valence-electron chi connectivity index (χ4n) is 7.92. The number of hydrogen-bond donors (Lipinski definition) is 5. The maximum atomic E-state index is 12.5. The zero-order valence-corrected chi connectivity index (χ0v) is 31.0. The average Bonchev–Trinajstić information content (AvgIpc) is 3.66. The van der Waals surface area contributed by atoms with Crippen molar-refractivity contribution in [3.05, 3.63) is 162 Å². The molecule has 280 valence electrons. The van der Waals surface area contributed by atoms with E-state index in [0.29, 0.717) is 28.2 Å². The van der Waals surface area contributed by atoms with Crippen LogP contribution in [-0.2, 0) is 0 Å². The van der Waals surface area contributed by atoms with Crippen LogP contribution in [-0.4, -0.2) is 44.1 Å². The Morgan fingerprint density at radius 3 is 1.67 bits per heavy atom. The summed E-state index contributed by atoms with van der Waals surface area (Å²) in [6, 6.07) is 44.4. The van der Waals surface area contributed by atoms with E-state index in [4.69, 9.17) is 9.41 Å². The number of aliphatic imine (C=N–C) groups is 2. The summed E-state index contributed by atoms with van der Waals surface area (Å²) in [6.07, 6.45) is 2.39. The molecule has 1 aliphatic rings. The highest BCUT2D eigenvalue weighted by molar-refractivity contribution is 6.26. The van der Waals surface area contributed by atoms with E-state index >= 15 is 0 Å². The quantitative estimate of drug-likeness (QED) is 0.0476. The van der Waals surface area contributed by atoms with Gasteiger partial charge in [-0.25, -0.2) is 4.99 Å². The predicted octanol–water partition coefficient (Wildman–Crippen LogP) is 11.3. The number of phenolic OH excluding ortho intramolecular Hbond substituents is 5. The van der Waals surface area contributed by atoms with Crippen LogP contribution in [0.25, 0.3) is 55.3 Å². The van der Waals surface area contributed by atoms with Crippen LogP contribution in [0.3, 0.4) is 0 Å². The zero-order valence-electron chi connectivity index (χ0n) is 31.0. The van der Waals surface area contributed by atoms with Gasteiger partial charge in [0.2, 0.25) is 5.75 Å². The summed E-state index contributed by atoms with van der Waals surface area (Å²) < 4.78 is 6.16. The Morgan fingerprint density at radius 2 is 1.07 bits per heavy atom. The molecule has 1 aliphatic carbocycles. The van der Waals surface area contributed by atoms with Gasteiger partial charge in [0, 0.05) is 23.7 Å². The second-order valence-corrected chi connectivity index (χ2v) is 14.3. The molecule has 0 radical (unpaired) electrons. The van der Waals surface area contributed by atoms with E-state index in [0.717, 1.165) is 47.1 Å². The van der Waals surface area contributed by atoms with Crippen LogP contribution in [0.1, 0.15) is 47.4 Å². The van der Waals surface area contributed by atoms with Gasteiger partial charge >= 0.3 is 0 Å². The molecular weight excluding hydrogens is 713 g/mol. The molecule has 1 saturated carbocycles. The lowest BCUT2D eigenvalue weighted by Gasteiger charge is -2.30. The fourth-order valence-corrected chi connectivity index (χ4v) is 7.92. The van der Waals surface area contributed by atoms with Gasteiger partial charge in [-0.3, -0.25) is 4.99 Å². The summed E-state index contributed by atoms with van der Waals surface area (Å²) in [5.74, 6) is -1.95. The molecule has 8 nitrogen and oxygen atoms in total. The standard InChI is InChI=1S/C49H38N2O6/c1-50-49(33-25-23-30(24-26-33)28-13-5-2-6-14-28)51-41(35-22-12-21-34(27-35)29-15-7-3-8-16-29)38-36(31-19-11-20-31)42(52)39-40-43(53)37(32-17-9-4-10-18-32)44(54)46(56)48(40)57-47(39)45(38)55/h2-10,12-18,21-27,31,52-56H,11,19-20H2,1H3. The molecule has 0 bridgehead atoms. The lowest BCUT2D eigenvalue weighted by molar-refractivity contribution is 0.390. The predicted molar refractivity (Wildman–Crippen MR) is 226 cm³/mol. The smallest absolute Gasteiger partial charge is 0.202 e. The van der Waals surface area contributed by atoms with Crippen LogP contribution in [0, 0.1) is 0 Å². The normalized spacial score (nSPS) is 13.6. The van der Waals surface area contributed by atoms with E-state index in [1.54, 1.807) is 37.4 Å². The van der Waals surface area contributed by atoms with E-state index in [1.807, 2.05) is 97.1 Å². The van der Waals surface area contributed by atoms with E-state index in [1.165, 1.54) is 0 Å². The fraction of sp³-hybridized carbons (Fsp3) is 0.102. The Kier molecular flexibility index (Phi) is 8.94. The molecule has 9 rings (SSSR count). The Bertz CT molecular complexity index is 2860. The molecule has 7 aromatic carbocycles. The minimum absolute atomic E-state index is 0.0244. The minimum Gasteiger partial charge on any atom is -0.507 e. The number of benzene rings is 7. The molecule has 0 spiro atoms. The van der Waals surface area contributed by atoms with Crippen molar-refractivity contribution in [2.45, 2.75) is 25.2 Å². The summed E-state index contributed by atoms with van der Waals surface area (Å²) >= 11 is 0. The van der Waals surface area contributed by atoms with Crippen LogP contribution in [0.4, 0.5) is 0 Å². The van der Waals surface area contributed by atoms with Crippen molar-refractivity contribution in [3.63, 3.8) is 0 Å². The average molecular weight is 751 g/mol. The van der Waals surface area contributed by atoms with E-state index in [2.05, 4.69) is 17.1 Å². The van der Waals surface area contributed by atoms with Crippen molar-refractivity contribution in [1.82, 2.24) is 0 Å². The summed E-state index contributed by atoms with van der Waals surface area (Å²) in [7, 11) is 1.66. The number of rotatable bonds is 7. The molecular formula is C49H38N2O6. The van der Waals surface area contributed by atoms with Gasteiger partial charge in [0.05, 0.1) is 27.6 Å². The number of nitrogens with zero attached hydrogens (tertiary/aromatic N) is 2. The van der Waals surface area contributed by atoms with Gasteiger partial charge in [-0.1, -0.05) is 140 Å². The van der Waals surface area contributed by atoms with Crippen LogP contribution in [0.5, 0.6) is 28.7 Å². The molecule has 0 unspecified atom stereocenters. The first kappa shape index (κ1) is 35.4. The first-order chi connectivity index (χ1) is 27.8. The van der Waals surface area contributed by atoms with Gasteiger partial charge in [0.1, 0.15) is 11.5 Å². The Hall–Kier alpha value is -7.32.